The molecule has 0 aromatic heterocycles. The van der Waals surface area contributed by atoms with Crippen molar-refractivity contribution in [2.24, 2.45) is 5.92 Å². The van der Waals surface area contributed by atoms with Crippen LogP contribution in [0.25, 0.3) is 0 Å². The molecule has 0 saturated carbocycles. The second-order valence-electron chi connectivity index (χ2n) is 4.59. The number of anilines is 1. The van der Waals surface area contributed by atoms with E-state index in [0.717, 1.165) is 6.42 Å². The first-order chi connectivity index (χ1) is 8.58. The van der Waals surface area contributed by atoms with Crippen LogP contribution in [0.2, 0.25) is 0 Å². The van der Waals surface area contributed by atoms with Crippen molar-refractivity contribution >= 4 is 11.4 Å². The van der Waals surface area contributed by atoms with E-state index in [-0.39, 0.29) is 12.5 Å². The van der Waals surface area contributed by atoms with Gasteiger partial charge in [-0.05, 0) is 12.3 Å². The van der Waals surface area contributed by atoms with Gasteiger partial charge >= 0.3 is 0 Å². The summed E-state index contributed by atoms with van der Waals surface area (Å²) in [5.74, 6) is 1.52. The van der Waals surface area contributed by atoms with Gasteiger partial charge in [0.2, 0.25) is 6.79 Å². The maximum absolute atomic E-state index is 11.0. The highest BCUT2D eigenvalue weighted by atomic mass is 16.7. The van der Waals surface area contributed by atoms with Gasteiger partial charge in [0.15, 0.2) is 11.5 Å². The van der Waals surface area contributed by atoms with E-state index in [1.807, 2.05) is 0 Å². The Kier molecular flexibility index (Phi) is 3.55. The van der Waals surface area contributed by atoms with E-state index in [9.17, 15) is 10.1 Å². The summed E-state index contributed by atoms with van der Waals surface area (Å²) in [5, 5.41) is 14.1. The lowest BCUT2D eigenvalue weighted by atomic mass is 10.1. The van der Waals surface area contributed by atoms with Crippen molar-refractivity contribution in [3.63, 3.8) is 0 Å². The molecule has 98 valence electrons. The van der Waals surface area contributed by atoms with Gasteiger partial charge in [0.25, 0.3) is 5.69 Å². The number of nitro groups is 1. The van der Waals surface area contributed by atoms with E-state index in [4.69, 9.17) is 9.47 Å². The van der Waals surface area contributed by atoms with Crippen LogP contribution in [0.15, 0.2) is 12.1 Å². The average Bonchev–Trinajstić information content (AvgIpc) is 2.74. The number of benzene rings is 1. The number of rotatable bonds is 5. The highest BCUT2D eigenvalue weighted by Gasteiger charge is 2.23. The van der Waals surface area contributed by atoms with Gasteiger partial charge < -0.3 is 14.8 Å². The van der Waals surface area contributed by atoms with Crippen LogP contribution in [-0.4, -0.2) is 18.3 Å². The first kappa shape index (κ1) is 12.5. The van der Waals surface area contributed by atoms with Crippen molar-refractivity contribution in [3.8, 4) is 11.5 Å². The van der Waals surface area contributed by atoms with Crippen molar-refractivity contribution in [2.45, 2.75) is 20.3 Å². The molecule has 0 amide bonds. The molecule has 0 saturated heterocycles. The van der Waals surface area contributed by atoms with Gasteiger partial charge in [-0.2, -0.15) is 0 Å². The first-order valence-corrected chi connectivity index (χ1v) is 5.90. The number of hydrogen-bond acceptors (Lipinski definition) is 5. The Labute approximate surface area is 105 Å². The summed E-state index contributed by atoms with van der Waals surface area (Å²) >= 11 is 0. The van der Waals surface area contributed by atoms with Gasteiger partial charge in [0, 0.05) is 12.6 Å². The summed E-state index contributed by atoms with van der Waals surface area (Å²) < 4.78 is 10.3. The van der Waals surface area contributed by atoms with Crippen LogP contribution in [-0.2, 0) is 0 Å². The maximum atomic E-state index is 11.0. The Morgan fingerprint density at radius 2 is 2.06 bits per heavy atom. The van der Waals surface area contributed by atoms with E-state index in [0.29, 0.717) is 29.6 Å². The normalized spacial score (nSPS) is 12.8. The molecule has 0 unspecified atom stereocenters. The summed E-state index contributed by atoms with van der Waals surface area (Å²) in [6.45, 7) is 5.02. The van der Waals surface area contributed by atoms with E-state index in [2.05, 4.69) is 19.2 Å². The number of nitrogens with zero attached hydrogens (tertiary/aromatic N) is 1. The quantitative estimate of drug-likeness (QED) is 0.644. The van der Waals surface area contributed by atoms with E-state index >= 15 is 0 Å². The Morgan fingerprint density at radius 3 is 2.67 bits per heavy atom. The zero-order valence-electron chi connectivity index (χ0n) is 10.4. The Bertz CT molecular complexity index is 460. The zero-order chi connectivity index (χ0) is 13.1. The van der Waals surface area contributed by atoms with Crippen LogP contribution >= 0.6 is 0 Å². The number of fused-ring (bicyclic) bond motifs is 1. The Balaban J connectivity index is 2.19. The summed E-state index contributed by atoms with van der Waals surface area (Å²) in [6, 6.07) is 3.03. The predicted octanol–water partition coefficient (Wildman–Crippen LogP) is 2.78. The van der Waals surface area contributed by atoms with Crippen LogP contribution in [0.4, 0.5) is 11.4 Å². The fraction of sp³-hybridized carbons (Fsp3) is 0.500. The minimum absolute atomic E-state index is 0.0167. The van der Waals surface area contributed by atoms with Crippen molar-refractivity contribution < 1.29 is 14.4 Å². The molecule has 0 spiro atoms. The molecule has 6 heteroatoms. The SMILES string of the molecule is CC(C)CCNc1cc2c(cc1[N+](=O)[O-])OCO2. The van der Waals surface area contributed by atoms with Gasteiger partial charge in [-0.25, -0.2) is 0 Å². The highest BCUT2D eigenvalue weighted by Crippen LogP contribution is 2.40. The van der Waals surface area contributed by atoms with Gasteiger partial charge in [-0.1, -0.05) is 13.8 Å². The molecule has 1 aromatic rings. The highest BCUT2D eigenvalue weighted by molar-refractivity contribution is 5.68. The molecule has 2 rings (SSSR count). The van der Waals surface area contributed by atoms with Crippen molar-refractivity contribution in [1.82, 2.24) is 0 Å². The third kappa shape index (κ3) is 2.64. The number of hydrogen-bond donors (Lipinski definition) is 1. The number of ether oxygens (including phenoxy) is 2. The van der Waals surface area contributed by atoms with E-state index < -0.39 is 4.92 Å². The van der Waals surface area contributed by atoms with Crippen LogP contribution in [0.1, 0.15) is 20.3 Å². The van der Waals surface area contributed by atoms with E-state index in [1.165, 1.54) is 6.07 Å². The van der Waals surface area contributed by atoms with Gasteiger partial charge in [-0.3, -0.25) is 10.1 Å². The molecule has 1 aliphatic heterocycles. The lowest BCUT2D eigenvalue weighted by molar-refractivity contribution is -0.384. The molecule has 18 heavy (non-hydrogen) atoms. The number of nitrogens with one attached hydrogen (secondary N) is 1. The largest absolute Gasteiger partial charge is 0.454 e. The van der Waals surface area contributed by atoms with Crippen molar-refractivity contribution in [2.75, 3.05) is 18.7 Å². The lowest BCUT2D eigenvalue weighted by Gasteiger charge is -2.09. The third-order valence-electron chi connectivity index (χ3n) is 2.72. The van der Waals surface area contributed by atoms with Gasteiger partial charge in [-0.15, -0.1) is 0 Å². The topological polar surface area (TPSA) is 73.6 Å². The Morgan fingerprint density at radius 1 is 1.39 bits per heavy atom. The number of nitro benzene ring substituents is 1. The molecule has 0 bridgehead atoms. The summed E-state index contributed by atoms with van der Waals surface area (Å²) in [7, 11) is 0. The molecule has 1 aromatic carbocycles. The molecule has 0 aliphatic carbocycles. The minimum Gasteiger partial charge on any atom is -0.454 e. The fourth-order valence-electron chi connectivity index (χ4n) is 1.72. The van der Waals surface area contributed by atoms with Crippen LogP contribution in [0, 0.1) is 16.0 Å². The summed E-state index contributed by atoms with van der Waals surface area (Å²) in [6.07, 6.45) is 0.950. The fourth-order valence-corrected chi connectivity index (χ4v) is 1.72. The second-order valence-corrected chi connectivity index (χ2v) is 4.59. The summed E-state index contributed by atoms with van der Waals surface area (Å²) in [4.78, 5) is 10.6. The van der Waals surface area contributed by atoms with Crippen LogP contribution in [0.3, 0.4) is 0 Å². The van der Waals surface area contributed by atoms with Crippen LogP contribution in [0.5, 0.6) is 11.5 Å². The smallest absolute Gasteiger partial charge is 0.296 e. The van der Waals surface area contributed by atoms with Gasteiger partial charge in [0.1, 0.15) is 5.69 Å². The van der Waals surface area contributed by atoms with Gasteiger partial charge in [0.05, 0.1) is 11.0 Å². The molecule has 6 nitrogen and oxygen atoms in total. The molecule has 0 fully saturated rings. The standard InChI is InChI=1S/C12H16N2O4/c1-8(2)3-4-13-9-5-11-12(18-7-17-11)6-10(9)14(15)16/h5-6,8,13H,3-4,7H2,1-2H3. The molecule has 1 aliphatic rings. The van der Waals surface area contributed by atoms with Crippen LogP contribution < -0.4 is 14.8 Å². The van der Waals surface area contributed by atoms with E-state index in [1.54, 1.807) is 6.07 Å². The molecule has 1 heterocycles. The Hall–Kier alpha value is -1.98. The molecular formula is C12H16N2O4. The monoisotopic (exact) mass is 252 g/mol. The van der Waals surface area contributed by atoms with Crippen molar-refractivity contribution in [1.29, 1.82) is 0 Å². The molecular weight excluding hydrogens is 236 g/mol. The molecule has 1 N–H and O–H groups in total. The first-order valence-electron chi connectivity index (χ1n) is 5.90. The molecule has 0 radical (unpaired) electrons. The second kappa shape index (κ2) is 5.12. The zero-order valence-corrected chi connectivity index (χ0v) is 10.4. The maximum Gasteiger partial charge on any atom is 0.296 e. The summed E-state index contributed by atoms with van der Waals surface area (Å²) in [5.41, 5.74) is 0.493. The molecule has 0 atom stereocenters. The van der Waals surface area contributed by atoms with Crippen molar-refractivity contribution in [3.05, 3.63) is 22.2 Å². The third-order valence-corrected chi connectivity index (χ3v) is 2.72. The minimum atomic E-state index is -0.417. The predicted molar refractivity (Wildman–Crippen MR) is 67.2 cm³/mol. The lowest BCUT2D eigenvalue weighted by Crippen LogP contribution is -2.06. The average molecular weight is 252 g/mol.